The average molecular weight is 394 g/mol. The number of benzene rings is 1. The van der Waals surface area contributed by atoms with Crippen molar-refractivity contribution in [3.05, 3.63) is 35.4 Å². The molecule has 148 valence electrons. The zero-order chi connectivity index (χ0) is 19.6. The summed E-state index contributed by atoms with van der Waals surface area (Å²) in [5, 5.41) is 0. The van der Waals surface area contributed by atoms with Crippen LogP contribution in [0, 0.1) is 0 Å². The van der Waals surface area contributed by atoms with Gasteiger partial charge in [-0.05, 0) is 31.2 Å². The van der Waals surface area contributed by atoms with Gasteiger partial charge in [0.1, 0.15) is 0 Å². The van der Waals surface area contributed by atoms with Crippen LogP contribution in [0.4, 0.5) is 0 Å². The highest BCUT2D eigenvalue weighted by Gasteiger charge is 2.33. The second kappa shape index (κ2) is 7.98. The predicted molar refractivity (Wildman–Crippen MR) is 104 cm³/mol. The van der Waals surface area contributed by atoms with E-state index in [0.717, 1.165) is 19.6 Å². The zero-order valence-electron chi connectivity index (χ0n) is 15.9. The molecule has 0 bridgehead atoms. The number of carbonyl (C=O) groups excluding carboxylic acids is 2. The lowest BCUT2D eigenvalue weighted by Crippen LogP contribution is -2.48. The Labute approximate surface area is 160 Å². The minimum absolute atomic E-state index is 0.00949. The molecule has 0 saturated carbocycles. The summed E-state index contributed by atoms with van der Waals surface area (Å²) in [6.45, 7) is 6.18. The van der Waals surface area contributed by atoms with Gasteiger partial charge in [0.15, 0.2) is 9.84 Å². The summed E-state index contributed by atoms with van der Waals surface area (Å²) in [6, 6.07) is 6.43. The smallest absolute Gasteiger partial charge is 0.253 e. The highest BCUT2D eigenvalue weighted by Crippen LogP contribution is 2.19. The number of carbonyl (C=O) groups is 2. The maximum atomic E-state index is 12.8. The van der Waals surface area contributed by atoms with Crippen LogP contribution >= 0.6 is 0 Å². The van der Waals surface area contributed by atoms with Crippen LogP contribution < -0.4 is 0 Å². The lowest BCUT2D eigenvalue weighted by Gasteiger charge is -2.34. The summed E-state index contributed by atoms with van der Waals surface area (Å²) < 4.78 is 23.4. The Morgan fingerprint density at radius 1 is 1.15 bits per heavy atom. The Hall–Kier alpha value is -1.93. The Bertz CT molecular complexity index is 816. The Kier molecular flexibility index (Phi) is 5.86. The Morgan fingerprint density at radius 2 is 1.81 bits per heavy atom. The lowest BCUT2D eigenvalue weighted by molar-refractivity contribution is 0.0643. The molecule has 0 radical (unpaired) electrons. The van der Waals surface area contributed by atoms with E-state index in [1.54, 1.807) is 31.3 Å². The molecule has 1 aromatic rings. The number of sulfone groups is 1. The van der Waals surface area contributed by atoms with Gasteiger partial charge in [-0.15, -0.1) is 0 Å². The van der Waals surface area contributed by atoms with E-state index in [0.29, 0.717) is 30.6 Å². The van der Waals surface area contributed by atoms with Crippen LogP contribution in [0.1, 0.15) is 34.1 Å². The zero-order valence-corrected chi connectivity index (χ0v) is 16.7. The van der Waals surface area contributed by atoms with Crippen LogP contribution in [-0.2, 0) is 9.84 Å². The molecule has 3 rings (SSSR count). The molecular weight excluding hydrogens is 366 g/mol. The first kappa shape index (κ1) is 19.8. The van der Waals surface area contributed by atoms with Gasteiger partial charge in [0.25, 0.3) is 11.8 Å². The van der Waals surface area contributed by atoms with E-state index in [9.17, 15) is 18.0 Å². The molecule has 1 unspecified atom stereocenters. The molecule has 0 N–H and O–H groups in total. The van der Waals surface area contributed by atoms with Crippen molar-refractivity contribution in [2.24, 2.45) is 0 Å². The molecule has 1 aromatic carbocycles. The number of hydrogen-bond acceptors (Lipinski definition) is 5. The maximum absolute atomic E-state index is 12.8. The molecule has 2 saturated heterocycles. The summed E-state index contributed by atoms with van der Waals surface area (Å²) in [4.78, 5) is 31.2. The first-order valence-corrected chi connectivity index (χ1v) is 11.2. The summed E-state index contributed by atoms with van der Waals surface area (Å²) in [6.07, 6.45) is 0.463. The van der Waals surface area contributed by atoms with Crippen molar-refractivity contribution in [1.29, 1.82) is 0 Å². The molecule has 1 atom stereocenters. The van der Waals surface area contributed by atoms with E-state index in [1.165, 1.54) is 4.90 Å². The summed E-state index contributed by atoms with van der Waals surface area (Å²) >= 11 is 0. The Balaban J connectivity index is 1.69. The van der Waals surface area contributed by atoms with Crippen molar-refractivity contribution in [3.8, 4) is 0 Å². The fourth-order valence-corrected chi connectivity index (χ4v) is 5.46. The van der Waals surface area contributed by atoms with Crippen molar-refractivity contribution in [1.82, 2.24) is 14.7 Å². The third kappa shape index (κ3) is 4.50. The van der Waals surface area contributed by atoms with E-state index in [1.807, 2.05) is 4.90 Å². The standard InChI is InChI=1S/C19H27N3O4S/c1-3-21-8-10-22(11-9-21)19(24)16-6-4-5-15(13-16)18(23)20(2)17-7-12-27(25,26)14-17/h4-6,13,17H,3,7-12,14H2,1-2H3. The lowest BCUT2D eigenvalue weighted by atomic mass is 10.1. The molecule has 7 nitrogen and oxygen atoms in total. The van der Waals surface area contributed by atoms with Crippen molar-refractivity contribution in [2.75, 3.05) is 51.3 Å². The number of piperazine rings is 1. The highest BCUT2D eigenvalue weighted by atomic mass is 32.2. The molecule has 8 heteroatoms. The average Bonchev–Trinajstić information content (AvgIpc) is 3.06. The minimum atomic E-state index is -3.06. The molecule has 0 aliphatic carbocycles. The molecule has 2 aliphatic rings. The third-order valence-corrected chi connectivity index (χ3v) is 7.29. The van der Waals surface area contributed by atoms with Crippen molar-refractivity contribution in [2.45, 2.75) is 19.4 Å². The molecule has 2 fully saturated rings. The SMILES string of the molecule is CCN1CCN(C(=O)c2cccc(C(=O)N(C)C3CCS(=O)(=O)C3)c2)CC1. The molecule has 27 heavy (non-hydrogen) atoms. The van der Waals surface area contributed by atoms with Gasteiger partial charge >= 0.3 is 0 Å². The van der Waals surface area contributed by atoms with E-state index in [-0.39, 0.29) is 29.4 Å². The summed E-state index contributed by atoms with van der Waals surface area (Å²) in [5.41, 5.74) is 0.915. The van der Waals surface area contributed by atoms with Gasteiger partial charge in [-0.2, -0.15) is 0 Å². The van der Waals surface area contributed by atoms with Crippen LogP contribution in [0.2, 0.25) is 0 Å². The number of amides is 2. The number of hydrogen-bond donors (Lipinski definition) is 0. The Morgan fingerprint density at radius 3 is 2.41 bits per heavy atom. The summed E-state index contributed by atoms with van der Waals surface area (Å²) in [7, 11) is -1.43. The predicted octanol–water partition coefficient (Wildman–Crippen LogP) is 0.723. The van der Waals surface area contributed by atoms with Crippen molar-refractivity contribution >= 4 is 21.7 Å². The quantitative estimate of drug-likeness (QED) is 0.753. The third-order valence-electron chi connectivity index (χ3n) is 5.54. The molecule has 0 aromatic heterocycles. The van der Waals surface area contributed by atoms with Crippen LogP contribution in [0.25, 0.3) is 0 Å². The monoisotopic (exact) mass is 393 g/mol. The first-order valence-electron chi connectivity index (χ1n) is 9.40. The number of nitrogens with zero attached hydrogens (tertiary/aromatic N) is 3. The topological polar surface area (TPSA) is 78.0 Å². The molecule has 2 amide bonds. The van der Waals surface area contributed by atoms with E-state index in [4.69, 9.17) is 0 Å². The second-order valence-electron chi connectivity index (χ2n) is 7.28. The van der Waals surface area contributed by atoms with Crippen molar-refractivity contribution in [3.63, 3.8) is 0 Å². The van der Waals surface area contributed by atoms with Gasteiger partial charge in [-0.3, -0.25) is 9.59 Å². The van der Waals surface area contributed by atoms with Gasteiger partial charge in [-0.1, -0.05) is 13.0 Å². The molecule has 2 heterocycles. The second-order valence-corrected chi connectivity index (χ2v) is 9.51. The van der Waals surface area contributed by atoms with Crippen LogP contribution in [0.15, 0.2) is 24.3 Å². The van der Waals surface area contributed by atoms with Gasteiger partial charge in [0.2, 0.25) is 0 Å². The summed E-state index contributed by atoms with van der Waals surface area (Å²) in [5.74, 6) is -0.179. The van der Waals surface area contributed by atoms with E-state index < -0.39 is 9.84 Å². The number of rotatable bonds is 4. The van der Waals surface area contributed by atoms with E-state index in [2.05, 4.69) is 11.8 Å². The van der Waals surface area contributed by atoms with Gasteiger partial charge < -0.3 is 14.7 Å². The van der Waals surface area contributed by atoms with Crippen LogP contribution in [0.3, 0.4) is 0 Å². The molecular formula is C19H27N3O4S. The maximum Gasteiger partial charge on any atom is 0.253 e. The van der Waals surface area contributed by atoms with Gasteiger partial charge in [0, 0.05) is 50.4 Å². The fourth-order valence-electron chi connectivity index (χ4n) is 3.69. The van der Waals surface area contributed by atoms with Gasteiger partial charge in [0.05, 0.1) is 11.5 Å². The largest absolute Gasteiger partial charge is 0.338 e. The minimum Gasteiger partial charge on any atom is -0.338 e. The van der Waals surface area contributed by atoms with Crippen molar-refractivity contribution < 1.29 is 18.0 Å². The van der Waals surface area contributed by atoms with E-state index >= 15 is 0 Å². The van der Waals surface area contributed by atoms with Crippen LogP contribution in [-0.4, -0.2) is 92.3 Å². The highest BCUT2D eigenvalue weighted by molar-refractivity contribution is 7.91. The molecule has 0 spiro atoms. The first-order chi connectivity index (χ1) is 12.8. The normalized spacial score (nSPS) is 22.6. The fraction of sp³-hybridized carbons (Fsp3) is 0.579. The van der Waals surface area contributed by atoms with Gasteiger partial charge in [-0.25, -0.2) is 8.42 Å². The van der Waals surface area contributed by atoms with Crippen LogP contribution in [0.5, 0.6) is 0 Å². The number of likely N-dealkylation sites (N-methyl/N-ethyl adjacent to an activating group) is 1. The molecule has 2 aliphatic heterocycles.